The number of nitrogens with one attached hydrogen (secondary N) is 2. The Kier molecular flexibility index (Phi) is 5.96. The molecule has 16 heavy (non-hydrogen) atoms. The Morgan fingerprint density at radius 2 is 1.88 bits per heavy atom. The maximum absolute atomic E-state index is 12.0. The van der Waals surface area contributed by atoms with Gasteiger partial charge in [-0.05, 0) is 31.1 Å². The summed E-state index contributed by atoms with van der Waals surface area (Å²) in [7, 11) is 1.90. The van der Waals surface area contributed by atoms with Gasteiger partial charge >= 0.3 is 0 Å². The van der Waals surface area contributed by atoms with Crippen LogP contribution in [-0.2, 0) is 13.0 Å². The molecule has 0 unspecified atom stereocenters. The molecule has 4 heteroatoms. The van der Waals surface area contributed by atoms with Gasteiger partial charge in [0.25, 0.3) is 6.43 Å². The summed E-state index contributed by atoms with van der Waals surface area (Å²) in [5.41, 5.74) is 2.30. The van der Waals surface area contributed by atoms with E-state index in [4.69, 9.17) is 0 Å². The highest BCUT2D eigenvalue weighted by Crippen LogP contribution is 2.09. The molecular formula is C12H18F2N2. The van der Waals surface area contributed by atoms with Crippen LogP contribution in [-0.4, -0.2) is 26.6 Å². The van der Waals surface area contributed by atoms with Crippen LogP contribution in [0, 0.1) is 0 Å². The van der Waals surface area contributed by atoms with Gasteiger partial charge in [0, 0.05) is 6.54 Å². The summed E-state index contributed by atoms with van der Waals surface area (Å²) in [5, 5.41) is 5.82. The lowest BCUT2D eigenvalue weighted by Crippen LogP contribution is -2.21. The molecule has 0 bridgehead atoms. The molecule has 0 spiro atoms. The Balaban J connectivity index is 2.49. The van der Waals surface area contributed by atoms with Gasteiger partial charge in [0.2, 0.25) is 0 Å². The Labute approximate surface area is 95.1 Å². The van der Waals surface area contributed by atoms with Crippen LogP contribution < -0.4 is 10.6 Å². The highest BCUT2D eigenvalue weighted by atomic mass is 19.3. The number of alkyl halides is 2. The fourth-order valence-corrected chi connectivity index (χ4v) is 1.55. The van der Waals surface area contributed by atoms with Crippen molar-refractivity contribution in [2.45, 2.75) is 19.4 Å². The van der Waals surface area contributed by atoms with Crippen molar-refractivity contribution in [1.29, 1.82) is 0 Å². The van der Waals surface area contributed by atoms with Crippen molar-refractivity contribution in [1.82, 2.24) is 10.6 Å². The van der Waals surface area contributed by atoms with Crippen LogP contribution in [0.3, 0.4) is 0 Å². The van der Waals surface area contributed by atoms with Crippen LogP contribution in [0.15, 0.2) is 24.3 Å². The van der Waals surface area contributed by atoms with E-state index >= 15 is 0 Å². The van der Waals surface area contributed by atoms with E-state index in [1.54, 1.807) is 0 Å². The maximum atomic E-state index is 12.0. The quantitative estimate of drug-likeness (QED) is 0.743. The monoisotopic (exact) mass is 228 g/mol. The van der Waals surface area contributed by atoms with E-state index in [-0.39, 0.29) is 6.54 Å². The third kappa shape index (κ3) is 4.68. The molecular weight excluding hydrogens is 210 g/mol. The largest absolute Gasteiger partial charge is 0.319 e. The van der Waals surface area contributed by atoms with Gasteiger partial charge in [-0.3, -0.25) is 0 Å². The van der Waals surface area contributed by atoms with Gasteiger partial charge in [-0.25, -0.2) is 8.78 Å². The average molecular weight is 228 g/mol. The number of hydrogen-bond acceptors (Lipinski definition) is 2. The maximum Gasteiger partial charge on any atom is 0.250 e. The van der Waals surface area contributed by atoms with Crippen molar-refractivity contribution in [3.05, 3.63) is 35.4 Å². The Hall–Kier alpha value is -1.00. The van der Waals surface area contributed by atoms with Gasteiger partial charge in [0.15, 0.2) is 0 Å². The predicted molar refractivity (Wildman–Crippen MR) is 61.8 cm³/mol. The zero-order valence-corrected chi connectivity index (χ0v) is 9.47. The molecule has 0 aliphatic rings. The van der Waals surface area contributed by atoms with Crippen LogP contribution in [0.25, 0.3) is 0 Å². The highest BCUT2D eigenvalue weighted by Gasteiger charge is 2.03. The topological polar surface area (TPSA) is 24.1 Å². The summed E-state index contributed by atoms with van der Waals surface area (Å²) >= 11 is 0. The van der Waals surface area contributed by atoms with E-state index < -0.39 is 6.43 Å². The molecule has 0 aromatic heterocycles. The Bertz CT molecular complexity index is 303. The molecule has 0 saturated heterocycles. The summed E-state index contributed by atoms with van der Waals surface area (Å²) in [6.45, 7) is 1.15. The molecule has 0 heterocycles. The van der Waals surface area contributed by atoms with E-state index in [1.165, 1.54) is 5.56 Å². The standard InChI is InChI=1S/C12H18F2N2/c1-15-7-6-10-4-2-3-5-11(10)8-16-9-12(13)14/h2-5,12,15-16H,6-9H2,1H3. The van der Waals surface area contributed by atoms with E-state index in [2.05, 4.69) is 10.6 Å². The number of halogens is 2. The SMILES string of the molecule is CNCCc1ccccc1CNCC(F)F. The van der Waals surface area contributed by atoms with E-state index in [1.807, 2.05) is 31.3 Å². The molecule has 2 nitrogen and oxygen atoms in total. The van der Waals surface area contributed by atoms with Crippen LogP contribution >= 0.6 is 0 Å². The number of hydrogen-bond donors (Lipinski definition) is 2. The van der Waals surface area contributed by atoms with Gasteiger partial charge in [-0.1, -0.05) is 24.3 Å². The minimum Gasteiger partial charge on any atom is -0.319 e. The molecule has 2 N–H and O–H groups in total. The van der Waals surface area contributed by atoms with Crippen molar-refractivity contribution in [3.63, 3.8) is 0 Å². The lowest BCUT2D eigenvalue weighted by atomic mass is 10.0. The first-order valence-electron chi connectivity index (χ1n) is 5.44. The number of likely N-dealkylation sites (N-methyl/N-ethyl adjacent to an activating group) is 1. The average Bonchev–Trinajstić information content (AvgIpc) is 2.27. The zero-order chi connectivity index (χ0) is 11.8. The van der Waals surface area contributed by atoms with Crippen LogP contribution in [0.2, 0.25) is 0 Å². The van der Waals surface area contributed by atoms with Crippen LogP contribution in [0.1, 0.15) is 11.1 Å². The van der Waals surface area contributed by atoms with Crippen molar-refractivity contribution in [2.75, 3.05) is 20.1 Å². The summed E-state index contributed by atoms with van der Waals surface area (Å²) in [6, 6.07) is 7.92. The number of benzene rings is 1. The number of rotatable bonds is 7. The minimum absolute atomic E-state index is 0.250. The molecule has 0 amide bonds. The third-order valence-corrected chi connectivity index (χ3v) is 2.38. The van der Waals surface area contributed by atoms with Crippen LogP contribution in [0.4, 0.5) is 8.78 Å². The smallest absolute Gasteiger partial charge is 0.250 e. The summed E-state index contributed by atoms with van der Waals surface area (Å²) in [5.74, 6) is 0. The molecule has 1 aromatic carbocycles. The van der Waals surface area contributed by atoms with Crippen LogP contribution in [0.5, 0.6) is 0 Å². The van der Waals surface area contributed by atoms with Crippen molar-refractivity contribution < 1.29 is 8.78 Å². The fourth-order valence-electron chi connectivity index (χ4n) is 1.55. The van der Waals surface area contributed by atoms with Gasteiger partial charge in [0.1, 0.15) is 0 Å². The predicted octanol–water partition coefficient (Wildman–Crippen LogP) is 1.80. The molecule has 1 aromatic rings. The highest BCUT2D eigenvalue weighted by molar-refractivity contribution is 5.27. The van der Waals surface area contributed by atoms with Gasteiger partial charge < -0.3 is 10.6 Å². The van der Waals surface area contributed by atoms with Crippen molar-refractivity contribution in [2.24, 2.45) is 0 Å². The molecule has 0 aliphatic carbocycles. The third-order valence-electron chi connectivity index (χ3n) is 2.38. The lowest BCUT2D eigenvalue weighted by Gasteiger charge is -2.10. The van der Waals surface area contributed by atoms with E-state index in [0.29, 0.717) is 6.54 Å². The molecule has 0 saturated carbocycles. The van der Waals surface area contributed by atoms with Gasteiger partial charge in [-0.2, -0.15) is 0 Å². The first kappa shape index (κ1) is 13.1. The van der Waals surface area contributed by atoms with Crippen molar-refractivity contribution in [3.8, 4) is 0 Å². The molecule has 0 radical (unpaired) electrons. The van der Waals surface area contributed by atoms with Gasteiger partial charge in [-0.15, -0.1) is 0 Å². The zero-order valence-electron chi connectivity index (χ0n) is 9.47. The first-order chi connectivity index (χ1) is 7.74. The summed E-state index contributed by atoms with van der Waals surface area (Å²) in [6.07, 6.45) is -1.37. The molecule has 0 aliphatic heterocycles. The lowest BCUT2D eigenvalue weighted by molar-refractivity contribution is 0.145. The second-order valence-corrected chi connectivity index (χ2v) is 3.64. The summed E-state index contributed by atoms with van der Waals surface area (Å²) < 4.78 is 23.9. The normalized spacial score (nSPS) is 11.0. The fraction of sp³-hybridized carbons (Fsp3) is 0.500. The second-order valence-electron chi connectivity index (χ2n) is 3.64. The Morgan fingerprint density at radius 3 is 2.50 bits per heavy atom. The first-order valence-corrected chi connectivity index (χ1v) is 5.44. The Morgan fingerprint density at radius 1 is 1.19 bits per heavy atom. The molecule has 0 fully saturated rings. The molecule has 0 atom stereocenters. The van der Waals surface area contributed by atoms with E-state index in [0.717, 1.165) is 18.5 Å². The second kappa shape index (κ2) is 7.30. The molecule has 90 valence electrons. The minimum atomic E-state index is -2.29. The summed E-state index contributed by atoms with van der Waals surface area (Å²) in [4.78, 5) is 0. The van der Waals surface area contributed by atoms with E-state index in [9.17, 15) is 8.78 Å². The van der Waals surface area contributed by atoms with Gasteiger partial charge in [0.05, 0.1) is 6.54 Å². The molecule has 1 rings (SSSR count). The van der Waals surface area contributed by atoms with Crippen molar-refractivity contribution >= 4 is 0 Å².